The van der Waals surface area contributed by atoms with E-state index in [1.165, 1.54) is 17.7 Å². The molecule has 0 bridgehead atoms. The number of methoxy groups -OCH3 is 1. The highest BCUT2D eigenvalue weighted by Crippen LogP contribution is 2.29. The van der Waals surface area contributed by atoms with Gasteiger partial charge in [-0.25, -0.2) is 4.39 Å². The number of hydrogen-bond donors (Lipinski definition) is 1. The Balaban J connectivity index is 1.71. The Morgan fingerprint density at radius 3 is 2.41 bits per heavy atom. The average molecular weight is 410 g/mol. The fourth-order valence-corrected chi connectivity index (χ4v) is 3.82. The molecule has 0 fully saturated rings. The maximum atomic E-state index is 13.1. The van der Waals surface area contributed by atoms with Crippen molar-refractivity contribution in [3.63, 3.8) is 0 Å². The van der Waals surface area contributed by atoms with Gasteiger partial charge in [-0.05, 0) is 61.9 Å². The molecule has 150 valence electrons. The van der Waals surface area contributed by atoms with Crippen LogP contribution in [-0.4, -0.2) is 13.0 Å². The first-order chi connectivity index (χ1) is 14.0. The first-order valence-corrected chi connectivity index (χ1v) is 10.4. The van der Waals surface area contributed by atoms with E-state index in [2.05, 4.69) is 36.5 Å². The molecule has 0 saturated carbocycles. The second-order valence-electron chi connectivity index (χ2n) is 6.88. The number of amides is 1. The quantitative estimate of drug-likeness (QED) is 0.492. The van der Waals surface area contributed by atoms with Gasteiger partial charge >= 0.3 is 0 Å². The molecule has 0 heterocycles. The Morgan fingerprint density at radius 1 is 1.07 bits per heavy atom. The lowest BCUT2D eigenvalue weighted by Gasteiger charge is -2.16. The van der Waals surface area contributed by atoms with Crippen molar-refractivity contribution in [1.82, 2.24) is 5.32 Å². The molecule has 3 aromatic rings. The van der Waals surface area contributed by atoms with Gasteiger partial charge < -0.3 is 10.1 Å². The van der Waals surface area contributed by atoms with Crippen molar-refractivity contribution >= 4 is 17.7 Å². The highest BCUT2D eigenvalue weighted by atomic mass is 32.2. The molecule has 3 rings (SSSR count). The first-order valence-electron chi connectivity index (χ1n) is 9.39. The van der Waals surface area contributed by atoms with Crippen molar-refractivity contribution in [2.24, 2.45) is 0 Å². The zero-order chi connectivity index (χ0) is 20.8. The topological polar surface area (TPSA) is 38.3 Å². The number of ether oxygens (including phenoxy) is 1. The van der Waals surface area contributed by atoms with Crippen molar-refractivity contribution in [1.29, 1.82) is 0 Å². The summed E-state index contributed by atoms with van der Waals surface area (Å²) in [6.45, 7) is 3.94. The minimum absolute atomic E-state index is 0.175. The maximum Gasteiger partial charge on any atom is 0.251 e. The van der Waals surface area contributed by atoms with E-state index in [1.807, 2.05) is 19.1 Å². The second-order valence-corrected chi connectivity index (χ2v) is 7.92. The highest BCUT2D eigenvalue weighted by molar-refractivity contribution is 7.98. The van der Waals surface area contributed by atoms with E-state index in [-0.39, 0.29) is 17.8 Å². The summed E-state index contributed by atoms with van der Waals surface area (Å²) in [6, 6.07) is 19.7. The summed E-state index contributed by atoms with van der Waals surface area (Å²) in [5, 5.41) is 2.97. The van der Waals surface area contributed by atoms with Crippen LogP contribution in [0.25, 0.3) is 0 Å². The Hall–Kier alpha value is -2.79. The SMILES string of the molecule is COc1ccc(C(=O)NC(C)c2ccc(F)cc2)cc1CSc1ccc(C)cc1. The molecular formula is C24H24FNO2S. The molecule has 0 aromatic heterocycles. The largest absolute Gasteiger partial charge is 0.496 e. The van der Waals surface area contributed by atoms with Gasteiger partial charge in [0.1, 0.15) is 11.6 Å². The third-order valence-corrected chi connectivity index (χ3v) is 5.74. The van der Waals surface area contributed by atoms with E-state index >= 15 is 0 Å². The molecular weight excluding hydrogens is 385 g/mol. The number of halogens is 1. The number of carbonyl (C=O) groups is 1. The number of aryl methyl sites for hydroxylation is 1. The summed E-state index contributed by atoms with van der Waals surface area (Å²) in [7, 11) is 1.63. The fraction of sp³-hybridized carbons (Fsp3) is 0.208. The lowest BCUT2D eigenvalue weighted by Crippen LogP contribution is -2.26. The van der Waals surface area contributed by atoms with Crippen molar-refractivity contribution in [2.75, 3.05) is 7.11 Å². The number of carbonyl (C=O) groups excluding carboxylic acids is 1. The number of benzene rings is 3. The second kappa shape index (κ2) is 9.61. The van der Waals surface area contributed by atoms with Crippen LogP contribution in [0, 0.1) is 12.7 Å². The molecule has 0 radical (unpaired) electrons. The van der Waals surface area contributed by atoms with Gasteiger partial charge in [-0.15, -0.1) is 11.8 Å². The zero-order valence-electron chi connectivity index (χ0n) is 16.7. The van der Waals surface area contributed by atoms with Crippen LogP contribution in [0.1, 0.15) is 40.0 Å². The fourth-order valence-electron chi connectivity index (χ4n) is 2.94. The van der Waals surface area contributed by atoms with Gasteiger partial charge in [0.25, 0.3) is 5.91 Å². The van der Waals surface area contributed by atoms with Gasteiger partial charge in [0.05, 0.1) is 13.2 Å². The van der Waals surface area contributed by atoms with E-state index in [9.17, 15) is 9.18 Å². The summed E-state index contributed by atoms with van der Waals surface area (Å²) in [6.07, 6.45) is 0. The third kappa shape index (κ3) is 5.61. The van der Waals surface area contributed by atoms with Crippen LogP contribution in [0.3, 0.4) is 0 Å². The van der Waals surface area contributed by atoms with E-state index in [0.29, 0.717) is 11.3 Å². The molecule has 1 atom stereocenters. The average Bonchev–Trinajstić information content (AvgIpc) is 2.73. The molecule has 5 heteroatoms. The maximum absolute atomic E-state index is 13.1. The van der Waals surface area contributed by atoms with Gasteiger partial charge in [0, 0.05) is 21.8 Å². The molecule has 3 aromatic carbocycles. The van der Waals surface area contributed by atoms with E-state index < -0.39 is 0 Å². The molecule has 3 nitrogen and oxygen atoms in total. The van der Waals surface area contributed by atoms with Gasteiger partial charge in [-0.3, -0.25) is 4.79 Å². The minimum atomic E-state index is -0.293. The van der Waals surface area contributed by atoms with E-state index in [1.54, 1.807) is 37.1 Å². The molecule has 0 aliphatic heterocycles. The number of rotatable bonds is 7. The Bertz CT molecular complexity index is 971. The summed E-state index contributed by atoms with van der Waals surface area (Å²) < 4.78 is 18.6. The smallest absolute Gasteiger partial charge is 0.251 e. The molecule has 0 aliphatic carbocycles. The highest BCUT2D eigenvalue weighted by Gasteiger charge is 2.14. The van der Waals surface area contributed by atoms with Crippen LogP contribution < -0.4 is 10.1 Å². The monoisotopic (exact) mass is 409 g/mol. The van der Waals surface area contributed by atoms with E-state index in [0.717, 1.165) is 21.8 Å². The van der Waals surface area contributed by atoms with Crippen molar-refractivity contribution in [2.45, 2.75) is 30.5 Å². The van der Waals surface area contributed by atoms with Crippen LogP contribution >= 0.6 is 11.8 Å². The van der Waals surface area contributed by atoms with Crippen molar-refractivity contribution in [3.8, 4) is 5.75 Å². The van der Waals surface area contributed by atoms with Crippen LogP contribution in [0.15, 0.2) is 71.6 Å². The van der Waals surface area contributed by atoms with Crippen molar-refractivity contribution < 1.29 is 13.9 Å². The molecule has 0 aliphatic rings. The lowest BCUT2D eigenvalue weighted by molar-refractivity contribution is 0.0939. The summed E-state index contributed by atoms with van der Waals surface area (Å²) in [4.78, 5) is 13.9. The van der Waals surface area contributed by atoms with Gasteiger partial charge in [-0.1, -0.05) is 29.8 Å². The number of hydrogen-bond acceptors (Lipinski definition) is 3. The van der Waals surface area contributed by atoms with E-state index in [4.69, 9.17) is 4.74 Å². The van der Waals surface area contributed by atoms with Crippen LogP contribution in [0.5, 0.6) is 5.75 Å². The molecule has 0 saturated heterocycles. The summed E-state index contributed by atoms with van der Waals surface area (Å²) in [5.41, 5.74) is 3.60. The molecule has 1 amide bonds. The molecule has 29 heavy (non-hydrogen) atoms. The normalized spacial score (nSPS) is 11.7. The van der Waals surface area contributed by atoms with Gasteiger partial charge in [0.15, 0.2) is 0 Å². The van der Waals surface area contributed by atoms with Crippen LogP contribution in [0.4, 0.5) is 4.39 Å². The zero-order valence-corrected chi connectivity index (χ0v) is 17.6. The predicted molar refractivity (Wildman–Crippen MR) is 116 cm³/mol. The lowest BCUT2D eigenvalue weighted by atomic mass is 10.1. The molecule has 1 unspecified atom stereocenters. The number of nitrogens with one attached hydrogen (secondary N) is 1. The first kappa shape index (κ1) is 20.9. The van der Waals surface area contributed by atoms with Crippen molar-refractivity contribution in [3.05, 3.63) is 94.8 Å². The molecule has 1 N–H and O–H groups in total. The Morgan fingerprint density at radius 2 is 1.76 bits per heavy atom. The third-order valence-electron chi connectivity index (χ3n) is 4.68. The minimum Gasteiger partial charge on any atom is -0.496 e. The molecule has 0 spiro atoms. The summed E-state index contributed by atoms with van der Waals surface area (Å²) >= 11 is 1.70. The standard InChI is InChI=1S/C24H24FNO2S/c1-16-4-11-22(12-5-16)29-15-20-14-19(8-13-23(20)28-3)24(27)26-17(2)18-6-9-21(25)10-7-18/h4-14,17H,15H2,1-3H3,(H,26,27). The van der Waals surface area contributed by atoms with Gasteiger partial charge in [-0.2, -0.15) is 0 Å². The Kier molecular flexibility index (Phi) is 6.94. The number of thioether (sulfide) groups is 1. The van der Waals surface area contributed by atoms with Gasteiger partial charge in [0.2, 0.25) is 0 Å². The summed E-state index contributed by atoms with van der Waals surface area (Å²) in [5.74, 6) is 0.984. The van der Waals surface area contributed by atoms with Crippen LogP contribution in [0.2, 0.25) is 0 Å². The predicted octanol–water partition coefficient (Wildman–Crippen LogP) is 5.93. The van der Waals surface area contributed by atoms with Crippen LogP contribution in [-0.2, 0) is 5.75 Å². The Labute approximate surface area is 175 Å².